The van der Waals surface area contributed by atoms with Crippen LogP contribution in [0.3, 0.4) is 0 Å². The van der Waals surface area contributed by atoms with Crippen LogP contribution in [0.5, 0.6) is 5.75 Å². The summed E-state index contributed by atoms with van der Waals surface area (Å²) in [7, 11) is 0. The Morgan fingerprint density at radius 3 is 2.06 bits per heavy atom. The van der Waals surface area contributed by atoms with Crippen LogP contribution in [0.25, 0.3) is 0 Å². The Balaban J connectivity index is 1.62. The van der Waals surface area contributed by atoms with Crippen LogP contribution in [0, 0.1) is 0 Å². The molecule has 1 unspecified atom stereocenters. The molecule has 0 radical (unpaired) electrons. The summed E-state index contributed by atoms with van der Waals surface area (Å²) >= 11 is 1.33. The fraction of sp³-hybridized carbons (Fsp3) is 0.385. The fourth-order valence-electron chi connectivity index (χ4n) is 3.50. The van der Waals surface area contributed by atoms with E-state index in [1.54, 1.807) is 24.3 Å². The number of hydrogen-bond acceptors (Lipinski definition) is 6. The fourth-order valence-corrected chi connectivity index (χ4v) is 4.38. The molecular weight excluding hydrogens is 462 g/mol. The van der Waals surface area contributed by atoms with Gasteiger partial charge in [-0.2, -0.15) is 0 Å². The van der Waals surface area contributed by atoms with E-state index in [-0.39, 0.29) is 29.7 Å². The Morgan fingerprint density at radius 1 is 0.914 bits per heavy atom. The number of rotatable bonds is 10. The number of hydrogen-bond donors (Lipinski definition) is 2. The van der Waals surface area contributed by atoms with Crippen LogP contribution in [0.1, 0.15) is 71.0 Å². The number of nitrogens with zero attached hydrogens (tertiary/aromatic N) is 3. The van der Waals surface area contributed by atoms with E-state index in [4.69, 9.17) is 4.74 Å². The third-order valence-corrected chi connectivity index (χ3v) is 6.19. The van der Waals surface area contributed by atoms with Crippen molar-refractivity contribution in [2.45, 2.75) is 64.8 Å². The van der Waals surface area contributed by atoms with E-state index in [1.165, 1.54) is 24.2 Å². The number of carbonyl (C=O) groups excluding carboxylic acids is 2. The highest BCUT2D eigenvalue weighted by Crippen LogP contribution is 2.28. The lowest BCUT2D eigenvalue weighted by Crippen LogP contribution is -2.16. The van der Waals surface area contributed by atoms with Crippen molar-refractivity contribution in [3.8, 4) is 5.75 Å². The van der Waals surface area contributed by atoms with Crippen molar-refractivity contribution in [3.63, 3.8) is 0 Å². The van der Waals surface area contributed by atoms with Gasteiger partial charge in [0.15, 0.2) is 17.1 Å². The van der Waals surface area contributed by atoms with Crippen molar-refractivity contribution in [1.29, 1.82) is 0 Å². The van der Waals surface area contributed by atoms with Gasteiger partial charge in [-0.1, -0.05) is 37.7 Å². The molecule has 1 aromatic heterocycles. The maximum atomic E-state index is 12.5. The molecule has 3 aromatic rings. The van der Waals surface area contributed by atoms with E-state index in [0.717, 1.165) is 5.75 Å². The average molecular weight is 496 g/mol. The van der Waals surface area contributed by atoms with Crippen LogP contribution in [-0.2, 0) is 9.59 Å². The molecule has 2 N–H and O–H groups in total. The molecule has 2 amide bonds. The van der Waals surface area contributed by atoms with Gasteiger partial charge in [0.05, 0.1) is 5.75 Å². The quantitative estimate of drug-likeness (QED) is 0.344. The standard InChI is InChI=1S/C26H33N5O3S/c1-16(2)20-7-13-23(14-8-20)34-18(5)25-29-30-26(31(25)17(3)4)35-15-24(33)28-22-11-9-21(10-12-22)27-19(6)32/h7-14,16-18H,15H2,1-6H3,(H,27,32)(H,28,33). The van der Waals surface area contributed by atoms with Crippen molar-refractivity contribution < 1.29 is 14.3 Å². The molecule has 2 aromatic carbocycles. The zero-order valence-electron chi connectivity index (χ0n) is 21.0. The molecule has 0 aliphatic carbocycles. The van der Waals surface area contributed by atoms with Gasteiger partial charge in [0, 0.05) is 24.3 Å². The summed E-state index contributed by atoms with van der Waals surface area (Å²) in [6.07, 6.45) is -0.305. The number of anilines is 2. The maximum Gasteiger partial charge on any atom is 0.234 e. The van der Waals surface area contributed by atoms with E-state index < -0.39 is 0 Å². The number of aromatic nitrogens is 3. The Morgan fingerprint density at radius 2 is 1.51 bits per heavy atom. The van der Waals surface area contributed by atoms with E-state index >= 15 is 0 Å². The molecule has 0 saturated carbocycles. The minimum atomic E-state index is -0.305. The lowest BCUT2D eigenvalue weighted by molar-refractivity contribution is -0.114. The summed E-state index contributed by atoms with van der Waals surface area (Å²) in [6, 6.07) is 15.2. The first-order chi connectivity index (χ1) is 16.6. The summed E-state index contributed by atoms with van der Waals surface area (Å²) < 4.78 is 8.15. The molecule has 1 heterocycles. The molecule has 3 rings (SSSR count). The van der Waals surface area contributed by atoms with E-state index in [0.29, 0.717) is 28.3 Å². The van der Waals surface area contributed by atoms with Gasteiger partial charge < -0.3 is 19.9 Å². The number of ether oxygens (including phenoxy) is 1. The van der Waals surface area contributed by atoms with E-state index in [2.05, 4.69) is 60.7 Å². The second-order valence-electron chi connectivity index (χ2n) is 8.88. The SMILES string of the molecule is CC(=O)Nc1ccc(NC(=O)CSc2nnc(C(C)Oc3ccc(C(C)C)cc3)n2C(C)C)cc1. The minimum absolute atomic E-state index is 0.0984. The molecule has 186 valence electrons. The van der Waals surface area contributed by atoms with Gasteiger partial charge in [0.25, 0.3) is 0 Å². The molecule has 0 aliphatic rings. The molecule has 0 bridgehead atoms. The number of amides is 2. The van der Waals surface area contributed by atoms with E-state index in [9.17, 15) is 9.59 Å². The highest BCUT2D eigenvalue weighted by molar-refractivity contribution is 7.99. The largest absolute Gasteiger partial charge is 0.483 e. The van der Waals surface area contributed by atoms with Crippen LogP contribution in [0.15, 0.2) is 53.7 Å². The van der Waals surface area contributed by atoms with Gasteiger partial charge in [-0.25, -0.2) is 0 Å². The average Bonchev–Trinajstić information content (AvgIpc) is 3.23. The molecule has 35 heavy (non-hydrogen) atoms. The molecule has 1 atom stereocenters. The summed E-state index contributed by atoms with van der Waals surface area (Å²) in [5, 5.41) is 14.9. The van der Waals surface area contributed by atoms with Crippen molar-refractivity contribution in [2.75, 3.05) is 16.4 Å². The maximum absolute atomic E-state index is 12.5. The van der Waals surface area contributed by atoms with Gasteiger partial charge in [-0.3, -0.25) is 9.59 Å². The van der Waals surface area contributed by atoms with Gasteiger partial charge in [0.2, 0.25) is 11.8 Å². The molecule has 0 saturated heterocycles. The topological polar surface area (TPSA) is 98.1 Å². The van der Waals surface area contributed by atoms with Gasteiger partial charge >= 0.3 is 0 Å². The summed E-state index contributed by atoms with van der Waals surface area (Å²) in [5.41, 5.74) is 2.59. The molecular formula is C26H33N5O3S. The van der Waals surface area contributed by atoms with Crippen molar-refractivity contribution in [2.24, 2.45) is 0 Å². The molecule has 9 heteroatoms. The first-order valence-electron chi connectivity index (χ1n) is 11.7. The zero-order valence-corrected chi connectivity index (χ0v) is 21.8. The van der Waals surface area contributed by atoms with E-state index in [1.807, 2.05) is 23.6 Å². The Labute approximate surface area is 210 Å². The summed E-state index contributed by atoms with van der Waals surface area (Å²) in [4.78, 5) is 23.6. The normalized spacial score (nSPS) is 12.0. The van der Waals surface area contributed by atoms with Crippen molar-refractivity contribution >= 4 is 35.0 Å². The number of nitrogens with one attached hydrogen (secondary N) is 2. The predicted molar refractivity (Wildman–Crippen MR) is 140 cm³/mol. The monoisotopic (exact) mass is 495 g/mol. The number of thioether (sulfide) groups is 1. The first-order valence-corrected chi connectivity index (χ1v) is 12.6. The number of carbonyl (C=O) groups is 2. The zero-order chi connectivity index (χ0) is 25.5. The van der Waals surface area contributed by atoms with Crippen molar-refractivity contribution in [3.05, 3.63) is 59.9 Å². The third kappa shape index (κ3) is 7.32. The Kier molecular flexibility index (Phi) is 8.92. The predicted octanol–water partition coefficient (Wildman–Crippen LogP) is 5.81. The third-order valence-electron chi connectivity index (χ3n) is 5.25. The van der Waals surface area contributed by atoms with Gasteiger partial charge in [-0.15, -0.1) is 10.2 Å². The Bertz CT molecular complexity index is 1140. The lowest BCUT2D eigenvalue weighted by Gasteiger charge is -2.19. The van der Waals surface area contributed by atoms with Gasteiger partial charge in [-0.05, 0) is 68.7 Å². The van der Waals surface area contributed by atoms with Crippen LogP contribution in [0.4, 0.5) is 11.4 Å². The molecule has 8 nitrogen and oxygen atoms in total. The highest BCUT2D eigenvalue weighted by Gasteiger charge is 2.22. The van der Waals surface area contributed by atoms with Gasteiger partial charge in [0.1, 0.15) is 5.75 Å². The van der Waals surface area contributed by atoms with Crippen molar-refractivity contribution in [1.82, 2.24) is 14.8 Å². The smallest absolute Gasteiger partial charge is 0.234 e. The summed E-state index contributed by atoms with van der Waals surface area (Å²) in [5.74, 6) is 1.84. The lowest BCUT2D eigenvalue weighted by atomic mass is 10.0. The highest BCUT2D eigenvalue weighted by atomic mass is 32.2. The Hall–Kier alpha value is -3.33. The second kappa shape index (κ2) is 11.9. The number of benzene rings is 2. The van der Waals surface area contributed by atoms with Crippen LogP contribution in [0.2, 0.25) is 0 Å². The summed E-state index contributed by atoms with van der Waals surface area (Å²) in [6.45, 7) is 11.8. The van der Waals surface area contributed by atoms with Crippen LogP contribution in [-0.4, -0.2) is 32.3 Å². The van der Waals surface area contributed by atoms with Crippen LogP contribution < -0.4 is 15.4 Å². The molecule has 0 aliphatic heterocycles. The molecule has 0 fully saturated rings. The molecule has 0 spiro atoms. The minimum Gasteiger partial charge on any atom is -0.483 e. The first kappa shape index (κ1) is 26.3. The van der Waals surface area contributed by atoms with Crippen LogP contribution >= 0.6 is 11.8 Å². The second-order valence-corrected chi connectivity index (χ2v) is 9.83.